The molecule has 5 N–H and O–H groups in total. The maximum atomic E-state index is 14.8. The van der Waals surface area contributed by atoms with Gasteiger partial charge in [0.2, 0.25) is 0 Å². The molecule has 10 nitrogen and oxygen atoms in total. The Hall–Kier alpha value is -3.51. The van der Waals surface area contributed by atoms with E-state index in [0.29, 0.717) is 34.4 Å². The first-order valence-corrected chi connectivity index (χ1v) is 11.0. The first-order valence-electron chi connectivity index (χ1n) is 9.42. The zero-order valence-electron chi connectivity index (χ0n) is 17.0. The van der Waals surface area contributed by atoms with Crippen LogP contribution < -0.4 is 11.3 Å². The molecular weight excluding hydrogens is 439 g/mol. The van der Waals surface area contributed by atoms with Gasteiger partial charge in [-0.05, 0) is 11.6 Å². The van der Waals surface area contributed by atoms with E-state index in [-0.39, 0.29) is 12.3 Å². The van der Waals surface area contributed by atoms with Crippen LogP contribution in [0.15, 0.2) is 57.8 Å². The molecule has 168 valence electrons. The van der Waals surface area contributed by atoms with Crippen molar-refractivity contribution in [2.24, 2.45) is 21.2 Å². The lowest BCUT2D eigenvalue weighted by molar-refractivity contribution is -0.129. The van der Waals surface area contributed by atoms with Gasteiger partial charge in [0.15, 0.2) is 5.84 Å². The molecule has 0 fully saturated rings. The van der Waals surface area contributed by atoms with Crippen LogP contribution in [0.3, 0.4) is 0 Å². The highest BCUT2D eigenvalue weighted by Crippen LogP contribution is 2.27. The molecule has 1 heterocycles. The molecule has 0 saturated carbocycles. The molecule has 32 heavy (non-hydrogen) atoms. The second kappa shape index (κ2) is 10.2. The Morgan fingerprint density at radius 1 is 1.38 bits per heavy atom. The smallest absolute Gasteiger partial charge is 0.259 e. The van der Waals surface area contributed by atoms with E-state index in [1.165, 1.54) is 17.8 Å². The Morgan fingerprint density at radius 2 is 2.06 bits per heavy atom. The third-order valence-electron chi connectivity index (χ3n) is 5.00. The molecular formula is C20H21FN6O4S. The van der Waals surface area contributed by atoms with Gasteiger partial charge in [0.05, 0.1) is 5.71 Å². The van der Waals surface area contributed by atoms with E-state index in [9.17, 15) is 13.4 Å². The van der Waals surface area contributed by atoms with Crippen molar-refractivity contribution < 1.29 is 23.4 Å². The number of carbonyl (C=O) groups excluding carboxylic acids is 1. The average molecular weight is 460 g/mol. The number of hydrogen-bond donors (Lipinski definition) is 4. The highest BCUT2D eigenvalue weighted by atomic mass is 32.2. The molecule has 1 aliphatic heterocycles. The number of carbonyl (C=O) groups is 1. The molecule has 1 aliphatic rings. The summed E-state index contributed by atoms with van der Waals surface area (Å²) in [5.74, 6) is 4.02. The van der Waals surface area contributed by atoms with E-state index >= 15 is 0 Å². The number of halogens is 1. The summed E-state index contributed by atoms with van der Waals surface area (Å²) < 4.78 is 26.6. The van der Waals surface area contributed by atoms with Gasteiger partial charge in [0.25, 0.3) is 5.91 Å². The number of rotatable bonds is 7. The van der Waals surface area contributed by atoms with Crippen LogP contribution in [0.2, 0.25) is 0 Å². The number of hydrogen-bond acceptors (Lipinski definition) is 8. The van der Waals surface area contributed by atoms with Gasteiger partial charge >= 0.3 is 0 Å². The van der Waals surface area contributed by atoms with Crippen LogP contribution in [0.4, 0.5) is 4.39 Å². The number of nitrogens with one attached hydrogen (secondary N) is 2. The van der Waals surface area contributed by atoms with Crippen LogP contribution in [0, 0.1) is 11.3 Å². The fraction of sp³-hybridized carbons (Fsp3) is 0.250. The third kappa shape index (κ3) is 5.03. The quantitative estimate of drug-likeness (QED) is 0.124. The predicted molar refractivity (Wildman–Crippen MR) is 116 cm³/mol. The Morgan fingerprint density at radius 3 is 2.62 bits per heavy atom. The van der Waals surface area contributed by atoms with E-state index in [4.69, 9.17) is 21.4 Å². The minimum atomic E-state index is -1.51. The van der Waals surface area contributed by atoms with Crippen LogP contribution in [0.5, 0.6) is 0 Å². The molecule has 0 bridgehead atoms. The van der Waals surface area contributed by atoms with Gasteiger partial charge in [-0.3, -0.25) is 14.2 Å². The van der Waals surface area contributed by atoms with E-state index < -0.39 is 33.9 Å². The lowest BCUT2D eigenvalue weighted by Gasteiger charge is -2.15. The summed E-state index contributed by atoms with van der Waals surface area (Å²) in [4.78, 5) is 17.0. The van der Waals surface area contributed by atoms with Crippen LogP contribution >= 0.6 is 0 Å². The Balaban J connectivity index is 1.73. The van der Waals surface area contributed by atoms with Crippen molar-refractivity contribution in [2.45, 2.75) is 24.2 Å². The van der Waals surface area contributed by atoms with Crippen LogP contribution in [0.25, 0.3) is 11.1 Å². The van der Waals surface area contributed by atoms with Gasteiger partial charge in [-0.2, -0.15) is 5.10 Å². The molecule has 1 amide bonds. The second-order valence-corrected chi connectivity index (χ2v) is 8.57. The topological polar surface area (TPSA) is 163 Å². The summed E-state index contributed by atoms with van der Waals surface area (Å²) in [6.07, 6.45) is 1.24. The highest BCUT2D eigenvalue weighted by Gasteiger charge is 2.31. The molecule has 2 aromatic rings. The van der Waals surface area contributed by atoms with Gasteiger partial charge in [-0.1, -0.05) is 41.6 Å². The van der Waals surface area contributed by atoms with E-state index in [1.54, 1.807) is 36.4 Å². The van der Waals surface area contributed by atoms with Crippen molar-refractivity contribution in [1.29, 1.82) is 5.53 Å². The van der Waals surface area contributed by atoms with Crippen LogP contribution in [0.1, 0.15) is 24.0 Å². The molecule has 0 spiro atoms. The molecule has 2 aromatic carbocycles. The van der Waals surface area contributed by atoms with Crippen molar-refractivity contribution in [3.8, 4) is 11.1 Å². The van der Waals surface area contributed by atoms with Gasteiger partial charge in [0, 0.05) is 46.6 Å². The summed E-state index contributed by atoms with van der Waals surface area (Å²) in [5.41, 5.74) is 11.1. The standard InChI is InChI=1S/C20H21FN6O4S/c1-32(30)18(20(28)26-29)10-14-9-17(27-31-14)13-6-7-15(16(21)8-13)11-2-4-12(5-3-11)19(24-22)25-23/h2-8,14,18,22,29H,9-10,23H2,1H3,(H,26,28)/b24-22?,25-19-/t14-,18?,32?/m1/s1. The molecule has 12 heteroatoms. The minimum absolute atomic E-state index is 0.0618. The van der Waals surface area contributed by atoms with Crippen LogP contribution in [-0.2, 0) is 20.4 Å². The van der Waals surface area contributed by atoms with Crippen molar-refractivity contribution in [2.75, 3.05) is 6.26 Å². The number of amides is 1. The number of nitrogens with zero attached hydrogens (tertiary/aromatic N) is 3. The monoisotopic (exact) mass is 460 g/mol. The lowest BCUT2D eigenvalue weighted by atomic mass is 9.98. The number of benzene rings is 2. The number of hydrazone groups is 1. The highest BCUT2D eigenvalue weighted by molar-refractivity contribution is 7.85. The number of nitrogens with two attached hydrogens (primary N) is 1. The summed E-state index contributed by atoms with van der Waals surface area (Å²) in [6.45, 7) is 0. The fourth-order valence-corrected chi connectivity index (χ4v) is 4.16. The minimum Gasteiger partial charge on any atom is -0.392 e. The van der Waals surface area contributed by atoms with Crippen molar-refractivity contribution >= 4 is 28.3 Å². The third-order valence-corrected chi connectivity index (χ3v) is 6.21. The van der Waals surface area contributed by atoms with Gasteiger partial charge in [-0.25, -0.2) is 15.4 Å². The van der Waals surface area contributed by atoms with Crippen molar-refractivity contribution in [1.82, 2.24) is 5.48 Å². The lowest BCUT2D eigenvalue weighted by Crippen LogP contribution is -2.37. The summed E-state index contributed by atoms with van der Waals surface area (Å²) in [5, 5.41) is 18.5. The maximum absolute atomic E-state index is 14.8. The normalized spacial score (nSPS) is 17.8. The number of hydroxylamine groups is 1. The summed E-state index contributed by atoms with van der Waals surface area (Å²) >= 11 is 0. The van der Waals surface area contributed by atoms with Crippen molar-refractivity contribution in [3.05, 3.63) is 59.4 Å². The Bertz CT molecular complexity index is 1110. The molecule has 0 aromatic heterocycles. The zero-order chi connectivity index (χ0) is 23.3. The van der Waals surface area contributed by atoms with E-state index in [2.05, 4.69) is 15.4 Å². The number of oxime groups is 1. The van der Waals surface area contributed by atoms with Gasteiger partial charge in [-0.15, -0.1) is 5.11 Å². The van der Waals surface area contributed by atoms with Crippen molar-refractivity contribution in [3.63, 3.8) is 0 Å². The molecule has 0 radical (unpaired) electrons. The molecule has 2 unspecified atom stereocenters. The predicted octanol–water partition coefficient (Wildman–Crippen LogP) is 2.28. The molecule has 3 atom stereocenters. The molecule has 0 aliphatic carbocycles. The summed E-state index contributed by atoms with van der Waals surface area (Å²) in [7, 11) is -1.51. The first-order chi connectivity index (χ1) is 15.4. The number of amidine groups is 1. The van der Waals surface area contributed by atoms with Gasteiger partial charge < -0.3 is 10.7 Å². The fourth-order valence-electron chi connectivity index (χ4n) is 3.32. The second-order valence-electron chi connectivity index (χ2n) is 7.01. The zero-order valence-corrected chi connectivity index (χ0v) is 17.8. The molecule has 3 rings (SSSR count). The largest absolute Gasteiger partial charge is 0.392 e. The maximum Gasteiger partial charge on any atom is 0.259 e. The SMILES string of the molecule is CS(=O)C(C[C@H]1CC(c2ccc(-c3ccc(/C(N=N)=N/N)cc3)c(F)c2)=NO1)C(=O)NO. The Kier molecular flexibility index (Phi) is 7.38. The van der Waals surface area contributed by atoms with Gasteiger partial charge in [0.1, 0.15) is 17.2 Å². The van der Waals surface area contributed by atoms with E-state index in [1.807, 2.05) is 0 Å². The first kappa shape index (κ1) is 23.2. The summed E-state index contributed by atoms with van der Waals surface area (Å²) in [6, 6.07) is 11.3. The van der Waals surface area contributed by atoms with Crippen LogP contribution in [-0.4, -0.2) is 44.5 Å². The average Bonchev–Trinajstić information content (AvgIpc) is 3.27. The van der Waals surface area contributed by atoms with E-state index in [0.717, 1.165) is 0 Å². The molecule has 0 saturated heterocycles. The Labute approximate surface area is 185 Å².